The van der Waals surface area contributed by atoms with Crippen molar-refractivity contribution in [1.82, 2.24) is 0 Å². The minimum atomic E-state index is -1.48. The molecule has 4 N–H and O–H groups in total. The van der Waals surface area contributed by atoms with Crippen molar-refractivity contribution >= 4 is 49.7 Å². The van der Waals surface area contributed by atoms with Crippen LogP contribution < -0.4 is 10.2 Å². The van der Waals surface area contributed by atoms with Gasteiger partial charge in [-0.05, 0) is 17.9 Å². The third kappa shape index (κ3) is 5.56. The molecule has 10 heteroatoms. The Bertz CT molecular complexity index is 599. The quantitative estimate of drug-likeness (QED) is 0.322. The molecule has 9 nitrogen and oxygen atoms in total. The van der Waals surface area contributed by atoms with Gasteiger partial charge in [-0.1, -0.05) is 12.1 Å². The molecule has 0 fully saturated rings. The summed E-state index contributed by atoms with van der Waals surface area (Å²) < 4.78 is 4.25. The van der Waals surface area contributed by atoms with Gasteiger partial charge in [0.05, 0.1) is 12.6 Å². The molecule has 0 saturated heterocycles. The number of aliphatic hydroxyl groups excluding tert-OH is 3. The Labute approximate surface area is 160 Å². The molecule has 0 saturated carbocycles. The predicted molar refractivity (Wildman–Crippen MR) is 70.8 cm³/mol. The minimum Gasteiger partial charge on any atom is -0.870 e. The average molecular weight is 352 g/mol. The van der Waals surface area contributed by atoms with Gasteiger partial charge in [0.1, 0.15) is 18.0 Å². The van der Waals surface area contributed by atoms with E-state index in [0.717, 1.165) is 0 Å². The number of hydrogen-bond donors (Lipinski definition) is 4. The molecule has 1 aliphatic rings. The smallest absolute Gasteiger partial charge is 0.870 e. The number of rotatable bonds is 3. The third-order valence-corrected chi connectivity index (χ3v) is 2.58. The number of para-hydroxylation sites is 1. The van der Waals surface area contributed by atoms with Gasteiger partial charge >= 0.3 is 43.7 Å². The molecular weight excluding hydrogens is 340 g/mol. The fourth-order valence-electron chi connectivity index (χ4n) is 1.46. The summed E-state index contributed by atoms with van der Waals surface area (Å²) in [6.07, 6.45) is -2.95. The van der Waals surface area contributed by atoms with Crippen LogP contribution >= 0.6 is 0 Å². The summed E-state index contributed by atoms with van der Waals surface area (Å²) in [7, 11) is 0. The number of carboxylic acids is 1. The molecule has 0 unspecified atom stereocenters. The van der Waals surface area contributed by atoms with Gasteiger partial charge in [-0.2, -0.15) is 0 Å². The van der Waals surface area contributed by atoms with Crippen LogP contribution in [0.4, 0.5) is 0 Å². The van der Waals surface area contributed by atoms with Crippen LogP contribution in [0.1, 0.15) is 10.4 Å². The van der Waals surface area contributed by atoms with Gasteiger partial charge in [0, 0.05) is 5.56 Å². The van der Waals surface area contributed by atoms with E-state index in [2.05, 4.69) is 4.74 Å². The number of benzene rings is 1. The van der Waals surface area contributed by atoms with Crippen molar-refractivity contribution in [2.24, 2.45) is 0 Å². The Morgan fingerprint density at radius 3 is 2.22 bits per heavy atom. The van der Waals surface area contributed by atoms with E-state index in [4.69, 9.17) is 20.4 Å². The van der Waals surface area contributed by atoms with E-state index in [1.165, 1.54) is 18.2 Å². The number of aromatic carboxylic acids is 1. The van der Waals surface area contributed by atoms with Crippen LogP contribution in [0.2, 0.25) is 0 Å². The maximum atomic E-state index is 10.8. The fourth-order valence-corrected chi connectivity index (χ4v) is 1.46. The average Bonchev–Trinajstić information content (AvgIpc) is 2.75. The normalized spacial score (nSPS) is 17.5. The van der Waals surface area contributed by atoms with Gasteiger partial charge in [-0.3, -0.25) is 0 Å². The third-order valence-electron chi connectivity index (χ3n) is 2.58. The first-order chi connectivity index (χ1) is 10.3. The summed E-state index contributed by atoms with van der Waals surface area (Å²) in [5.41, 5.74) is -0.178. The molecular formula is C13H12CaO9. The van der Waals surface area contributed by atoms with E-state index in [0.29, 0.717) is 0 Å². The van der Waals surface area contributed by atoms with Crippen molar-refractivity contribution < 1.29 is 45.0 Å². The van der Waals surface area contributed by atoms with Gasteiger partial charge in [-0.25, -0.2) is 4.79 Å². The van der Waals surface area contributed by atoms with E-state index in [9.17, 15) is 19.8 Å². The molecule has 1 aromatic rings. The molecule has 0 radical (unpaired) electrons. The molecule has 23 heavy (non-hydrogen) atoms. The van der Waals surface area contributed by atoms with Crippen molar-refractivity contribution in [2.45, 2.75) is 12.2 Å². The SMILES string of the molecule is O=C([O-])c1ccccc1O.O=C1O[C@H]([C@@H](O)CO)C([O-])=C1O.[Ca+2]. The van der Waals surface area contributed by atoms with Crippen molar-refractivity contribution in [3.8, 4) is 5.75 Å². The van der Waals surface area contributed by atoms with Crippen molar-refractivity contribution in [3.05, 3.63) is 41.3 Å². The van der Waals surface area contributed by atoms with E-state index >= 15 is 0 Å². The number of esters is 1. The molecule has 0 amide bonds. The summed E-state index contributed by atoms with van der Waals surface area (Å²) in [5.74, 6) is -4.83. The number of carbonyl (C=O) groups excluding carboxylic acids is 2. The Morgan fingerprint density at radius 1 is 1.30 bits per heavy atom. The maximum Gasteiger partial charge on any atom is 2.00 e. The van der Waals surface area contributed by atoms with Crippen LogP contribution in [0, 0.1) is 0 Å². The zero-order valence-electron chi connectivity index (χ0n) is 11.7. The molecule has 1 aromatic carbocycles. The van der Waals surface area contributed by atoms with Gasteiger partial charge < -0.3 is 40.2 Å². The second kappa shape index (κ2) is 9.58. The van der Waals surface area contributed by atoms with Gasteiger partial charge in [0.25, 0.3) is 0 Å². The standard InChI is InChI=1S/C7H6O3.C6H8O6.Ca/c8-6-4-2-1-3-5(6)7(9)10;7-1-2(8)5-3(9)4(10)6(11)12-5;/h1-4,8H,(H,9,10);2,5,7-10H,1H2;/q;;+2/p-2/t;2-,5+;/m.0./s1. The first kappa shape index (κ1) is 21.5. The van der Waals surface area contributed by atoms with Crippen LogP contribution in [0.5, 0.6) is 5.75 Å². The first-order valence-electron chi connectivity index (χ1n) is 5.89. The number of aliphatic hydroxyl groups is 3. The first-order valence-corrected chi connectivity index (χ1v) is 5.89. The van der Waals surface area contributed by atoms with Gasteiger partial charge in [0.15, 0.2) is 5.76 Å². The van der Waals surface area contributed by atoms with E-state index in [1.54, 1.807) is 6.07 Å². The summed E-state index contributed by atoms with van der Waals surface area (Å²) in [4.78, 5) is 20.6. The van der Waals surface area contributed by atoms with Gasteiger partial charge in [-0.15, -0.1) is 0 Å². The molecule has 0 bridgehead atoms. The number of carboxylic acid groups (broad SMARTS) is 1. The van der Waals surface area contributed by atoms with Crippen molar-refractivity contribution in [1.29, 1.82) is 0 Å². The molecule has 120 valence electrons. The number of carbonyl (C=O) groups is 2. The molecule has 2 rings (SSSR count). The maximum absolute atomic E-state index is 10.8. The molecule has 2 atom stereocenters. The number of cyclic esters (lactones) is 1. The van der Waals surface area contributed by atoms with Crippen molar-refractivity contribution in [3.63, 3.8) is 0 Å². The Hall–Kier alpha value is -1.52. The number of aromatic hydroxyl groups is 1. The molecule has 0 aromatic heterocycles. The van der Waals surface area contributed by atoms with Crippen LogP contribution in [0.25, 0.3) is 0 Å². The summed E-state index contributed by atoms with van der Waals surface area (Å²) in [5, 5.41) is 55.8. The topological polar surface area (TPSA) is 170 Å². The number of phenols is 1. The minimum absolute atomic E-state index is 0. The summed E-state index contributed by atoms with van der Waals surface area (Å²) in [6, 6.07) is 5.64. The van der Waals surface area contributed by atoms with Crippen LogP contribution in [0.15, 0.2) is 35.8 Å². The predicted octanol–water partition coefficient (Wildman–Crippen LogP) is -3.23. The second-order valence-electron chi connectivity index (χ2n) is 4.09. The Morgan fingerprint density at radius 2 is 1.87 bits per heavy atom. The van der Waals surface area contributed by atoms with Crippen LogP contribution in [-0.2, 0) is 9.53 Å². The summed E-state index contributed by atoms with van der Waals surface area (Å²) >= 11 is 0. The summed E-state index contributed by atoms with van der Waals surface area (Å²) in [6.45, 7) is -0.711. The zero-order valence-corrected chi connectivity index (χ0v) is 13.9. The van der Waals surface area contributed by atoms with Crippen molar-refractivity contribution in [2.75, 3.05) is 6.61 Å². The monoisotopic (exact) mass is 352 g/mol. The zero-order chi connectivity index (χ0) is 16.9. The number of hydrogen-bond acceptors (Lipinski definition) is 9. The number of ether oxygens (including phenoxy) is 1. The molecule has 1 aliphatic heterocycles. The molecule has 0 spiro atoms. The van der Waals surface area contributed by atoms with E-state index in [-0.39, 0.29) is 49.1 Å². The van der Waals surface area contributed by atoms with E-state index in [1.807, 2.05) is 0 Å². The largest absolute Gasteiger partial charge is 2.00 e. The second-order valence-corrected chi connectivity index (χ2v) is 4.09. The van der Waals surface area contributed by atoms with Crippen LogP contribution in [-0.4, -0.2) is 88.9 Å². The Kier molecular flexibility index (Phi) is 8.95. The van der Waals surface area contributed by atoms with Gasteiger partial charge in [0.2, 0.25) is 0 Å². The van der Waals surface area contributed by atoms with Crippen LogP contribution in [0.3, 0.4) is 0 Å². The molecule has 0 aliphatic carbocycles. The fraction of sp³-hybridized carbons (Fsp3) is 0.231. The van der Waals surface area contributed by atoms with E-state index < -0.39 is 42.3 Å². The molecule has 1 heterocycles. The Balaban J connectivity index is 0.000000409.